The molecule has 0 amide bonds. The highest BCUT2D eigenvalue weighted by molar-refractivity contribution is 5.53. The second-order valence-corrected chi connectivity index (χ2v) is 4.45. The van der Waals surface area contributed by atoms with E-state index in [1.54, 1.807) is 24.5 Å². The van der Waals surface area contributed by atoms with Crippen LogP contribution in [0.15, 0.2) is 54.9 Å². The van der Waals surface area contributed by atoms with Crippen molar-refractivity contribution >= 4 is 0 Å². The minimum absolute atomic E-state index is 0.441. The summed E-state index contributed by atoms with van der Waals surface area (Å²) < 4.78 is 5.67. The highest BCUT2D eigenvalue weighted by Gasteiger charge is 2.02. The molecule has 5 heteroatoms. The normalized spacial score (nSPS) is 10.0. The van der Waals surface area contributed by atoms with Crippen molar-refractivity contribution in [2.75, 3.05) is 0 Å². The van der Waals surface area contributed by atoms with Crippen molar-refractivity contribution in [3.63, 3.8) is 0 Å². The molecule has 0 bridgehead atoms. The van der Waals surface area contributed by atoms with Gasteiger partial charge in [-0.1, -0.05) is 12.1 Å². The van der Waals surface area contributed by atoms with Crippen LogP contribution in [0.4, 0.5) is 0 Å². The maximum Gasteiger partial charge on any atom is 0.138 e. The summed E-state index contributed by atoms with van der Waals surface area (Å²) in [5.74, 6) is 0.697. The smallest absolute Gasteiger partial charge is 0.138 e. The Morgan fingerprint density at radius 2 is 1.95 bits per heavy atom. The van der Waals surface area contributed by atoms with E-state index >= 15 is 0 Å². The quantitative estimate of drug-likeness (QED) is 0.795. The minimum Gasteiger partial charge on any atom is -0.487 e. The van der Waals surface area contributed by atoms with Crippen molar-refractivity contribution in [2.45, 2.75) is 6.61 Å². The van der Waals surface area contributed by atoms with Gasteiger partial charge in [0.1, 0.15) is 12.4 Å². The fraction of sp³-hybridized carbons (Fsp3) is 0.0625. The summed E-state index contributed by atoms with van der Waals surface area (Å²) in [5, 5.41) is 15.5. The van der Waals surface area contributed by atoms with Gasteiger partial charge in [0.2, 0.25) is 0 Å². The van der Waals surface area contributed by atoms with E-state index in [4.69, 9.17) is 10.00 Å². The predicted octanol–water partition coefficient (Wildman–Crippen LogP) is 2.92. The zero-order chi connectivity index (χ0) is 14.5. The highest BCUT2D eigenvalue weighted by Crippen LogP contribution is 2.17. The molecule has 3 aromatic rings. The van der Waals surface area contributed by atoms with E-state index in [9.17, 15) is 0 Å². The van der Waals surface area contributed by atoms with Gasteiger partial charge in [0.25, 0.3) is 0 Å². The van der Waals surface area contributed by atoms with Gasteiger partial charge in [0.15, 0.2) is 0 Å². The number of nitrogens with zero attached hydrogens (tertiary/aromatic N) is 3. The third-order valence-electron chi connectivity index (χ3n) is 3.00. The molecule has 2 heterocycles. The average molecular weight is 276 g/mol. The molecule has 0 radical (unpaired) electrons. The Labute approximate surface area is 121 Å². The molecule has 0 atom stereocenters. The van der Waals surface area contributed by atoms with E-state index in [0.717, 1.165) is 17.0 Å². The SMILES string of the molecule is N#Cc1ccc(COc2ccc(-c3ccn[nH]3)nc2)cc1. The van der Waals surface area contributed by atoms with Gasteiger partial charge in [0, 0.05) is 6.20 Å². The van der Waals surface area contributed by atoms with E-state index in [1.165, 1.54) is 0 Å². The van der Waals surface area contributed by atoms with Crippen LogP contribution in [0, 0.1) is 11.3 Å². The Kier molecular flexibility index (Phi) is 3.61. The molecule has 1 N–H and O–H groups in total. The predicted molar refractivity (Wildman–Crippen MR) is 77.3 cm³/mol. The Hall–Kier alpha value is -3.13. The number of pyridine rings is 1. The van der Waals surface area contributed by atoms with Crippen molar-refractivity contribution in [1.29, 1.82) is 5.26 Å². The number of aromatic nitrogens is 3. The Morgan fingerprint density at radius 1 is 1.10 bits per heavy atom. The molecule has 1 aromatic carbocycles. The van der Waals surface area contributed by atoms with Crippen LogP contribution in [0.3, 0.4) is 0 Å². The first-order chi connectivity index (χ1) is 10.3. The molecule has 102 valence electrons. The molecule has 21 heavy (non-hydrogen) atoms. The number of nitrogens with one attached hydrogen (secondary N) is 1. The molecule has 5 nitrogen and oxygen atoms in total. The number of aromatic amines is 1. The summed E-state index contributed by atoms with van der Waals surface area (Å²) in [5.41, 5.74) is 3.34. The maximum absolute atomic E-state index is 8.74. The van der Waals surface area contributed by atoms with Crippen LogP contribution in [0.5, 0.6) is 5.75 Å². The van der Waals surface area contributed by atoms with Gasteiger partial charge in [-0.15, -0.1) is 0 Å². The lowest BCUT2D eigenvalue weighted by Gasteiger charge is -2.06. The molecular formula is C16H12N4O. The minimum atomic E-state index is 0.441. The molecule has 3 rings (SSSR count). The van der Waals surface area contributed by atoms with Crippen LogP contribution in [0.2, 0.25) is 0 Å². The second kappa shape index (κ2) is 5.88. The van der Waals surface area contributed by atoms with Crippen molar-refractivity contribution in [3.8, 4) is 23.2 Å². The fourth-order valence-corrected chi connectivity index (χ4v) is 1.87. The Morgan fingerprint density at radius 3 is 2.57 bits per heavy atom. The number of benzene rings is 1. The Bertz CT molecular complexity index is 740. The monoisotopic (exact) mass is 276 g/mol. The number of hydrogen-bond acceptors (Lipinski definition) is 4. The summed E-state index contributed by atoms with van der Waals surface area (Å²) >= 11 is 0. The van der Waals surface area contributed by atoms with Crippen molar-refractivity contribution in [1.82, 2.24) is 15.2 Å². The first-order valence-electron chi connectivity index (χ1n) is 6.43. The Balaban J connectivity index is 1.64. The van der Waals surface area contributed by atoms with Crippen LogP contribution in [-0.4, -0.2) is 15.2 Å². The zero-order valence-electron chi connectivity index (χ0n) is 11.2. The summed E-state index contributed by atoms with van der Waals surface area (Å²) in [6.07, 6.45) is 3.37. The van der Waals surface area contributed by atoms with E-state index in [0.29, 0.717) is 17.9 Å². The van der Waals surface area contributed by atoms with E-state index in [-0.39, 0.29) is 0 Å². The van der Waals surface area contributed by atoms with Gasteiger partial charge in [0.05, 0.1) is 29.2 Å². The number of nitriles is 1. The molecule has 0 aliphatic rings. The molecule has 0 unspecified atom stereocenters. The first kappa shape index (κ1) is 12.9. The molecule has 0 spiro atoms. The highest BCUT2D eigenvalue weighted by atomic mass is 16.5. The molecule has 0 aliphatic carbocycles. The van der Waals surface area contributed by atoms with Gasteiger partial charge < -0.3 is 4.74 Å². The van der Waals surface area contributed by atoms with Crippen molar-refractivity contribution in [3.05, 3.63) is 66.0 Å². The van der Waals surface area contributed by atoms with Crippen molar-refractivity contribution < 1.29 is 4.74 Å². The van der Waals surface area contributed by atoms with Gasteiger partial charge in [-0.05, 0) is 35.9 Å². The number of hydrogen-bond donors (Lipinski definition) is 1. The van der Waals surface area contributed by atoms with Crippen LogP contribution in [0.1, 0.15) is 11.1 Å². The van der Waals surface area contributed by atoms with Gasteiger partial charge in [-0.2, -0.15) is 10.4 Å². The maximum atomic E-state index is 8.74. The molecule has 0 fully saturated rings. The van der Waals surface area contributed by atoms with Gasteiger partial charge >= 0.3 is 0 Å². The van der Waals surface area contributed by atoms with Crippen LogP contribution < -0.4 is 4.74 Å². The van der Waals surface area contributed by atoms with E-state index in [1.807, 2.05) is 30.3 Å². The first-order valence-corrected chi connectivity index (χ1v) is 6.43. The lowest BCUT2D eigenvalue weighted by Crippen LogP contribution is -1.96. The number of H-pyrrole nitrogens is 1. The average Bonchev–Trinajstić information content (AvgIpc) is 3.08. The third-order valence-corrected chi connectivity index (χ3v) is 3.00. The molecule has 0 saturated heterocycles. The zero-order valence-corrected chi connectivity index (χ0v) is 11.2. The van der Waals surface area contributed by atoms with Crippen molar-refractivity contribution in [2.24, 2.45) is 0 Å². The molecule has 0 saturated carbocycles. The molecule has 0 aliphatic heterocycles. The molecule has 2 aromatic heterocycles. The van der Waals surface area contributed by atoms with Gasteiger partial charge in [-0.3, -0.25) is 10.1 Å². The topological polar surface area (TPSA) is 74.6 Å². The number of rotatable bonds is 4. The summed E-state index contributed by atoms with van der Waals surface area (Å²) in [6.45, 7) is 0.441. The van der Waals surface area contributed by atoms with Crippen LogP contribution in [0.25, 0.3) is 11.4 Å². The number of ether oxygens (including phenoxy) is 1. The summed E-state index contributed by atoms with van der Waals surface area (Å²) in [4.78, 5) is 4.32. The van der Waals surface area contributed by atoms with Crippen LogP contribution >= 0.6 is 0 Å². The molecular weight excluding hydrogens is 264 g/mol. The van der Waals surface area contributed by atoms with Crippen LogP contribution in [-0.2, 0) is 6.61 Å². The van der Waals surface area contributed by atoms with E-state index in [2.05, 4.69) is 21.3 Å². The van der Waals surface area contributed by atoms with Gasteiger partial charge in [-0.25, -0.2) is 0 Å². The third kappa shape index (κ3) is 3.07. The second-order valence-electron chi connectivity index (χ2n) is 4.45. The summed E-state index contributed by atoms with van der Waals surface area (Å²) in [7, 11) is 0. The standard InChI is InChI=1S/C16H12N4O/c17-9-12-1-3-13(4-2-12)11-21-14-5-6-15(18-10-14)16-7-8-19-20-16/h1-8,10H,11H2,(H,19,20). The van der Waals surface area contributed by atoms with E-state index < -0.39 is 0 Å². The lowest BCUT2D eigenvalue weighted by atomic mass is 10.2. The largest absolute Gasteiger partial charge is 0.487 e. The lowest BCUT2D eigenvalue weighted by molar-refractivity contribution is 0.305. The fourth-order valence-electron chi connectivity index (χ4n) is 1.87. The summed E-state index contributed by atoms with van der Waals surface area (Å²) in [6, 6.07) is 15.0.